The number of aromatic nitrogens is 1. The van der Waals surface area contributed by atoms with Gasteiger partial charge in [-0.15, -0.1) is 0 Å². The molecule has 2 aromatic rings. The maximum Gasteiger partial charge on any atom is 0.338 e. The highest BCUT2D eigenvalue weighted by Crippen LogP contribution is 2.25. The zero-order valence-corrected chi connectivity index (χ0v) is 11.1. The number of ether oxygens (including phenoxy) is 1. The molecule has 0 aliphatic heterocycles. The van der Waals surface area contributed by atoms with Crippen molar-refractivity contribution < 1.29 is 19.0 Å². The Kier molecular flexibility index (Phi) is 3.98. The second-order valence-electron chi connectivity index (χ2n) is 4.61. The number of hydrogen-bond donors (Lipinski definition) is 1. The first-order valence-electron chi connectivity index (χ1n) is 6.14. The minimum Gasteiger partial charge on any atom is -0.478 e. The molecule has 4 nitrogen and oxygen atoms in total. The van der Waals surface area contributed by atoms with E-state index in [0.717, 1.165) is 11.6 Å². The summed E-state index contributed by atoms with van der Waals surface area (Å²) < 4.78 is 19.1. The molecule has 0 radical (unpaired) electrons. The van der Waals surface area contributed by atoms with Crippen LogP contribution in [0.25, 0.3) is 0 Å². The molecule has 104 valence electrons. The average Bonchev–Trinajstić information content (AvgIpc) is 2.41. The highest BCUT2D eigenvalue weighted by molar-refractivity contribution is 5.88. The number of carboxylic acids is 1. The first-order valence-corrected chi connectivity index (χ1v) is 6.14. The molecule has 0 amide bonds. The summed E-state index contributed by atoms with van der Waals surface area (Å²) in [7, 11) is 0. The Morgan fingerprint density at radius 2 is 1.90 bits per heavy atom. The molecule has 0 saturated carbocycles. The van der Waals surface area contributed by atoms with Crippen LogP contribution >= 0.6 is 0 Å². The van der Waals surface area contributed by atoms with Crippen molar-refractivity contribution in [3.63, 3.8) is 0 Å². The number of carbonyl (C=O) groups is 1. The molecule has 0 saturated heterocycles. The number of halogens is 1. The van der Waals surface area contributed by atoms with Crippen molar-refractivity contribution in [2.24, 2.45) is 0 Å². The standard InChI is InChI=1S/C15H14FNO3/c1-9(2)10-3-5-11(6-4-10)20-14-13(16)12(15(18)19)7-8-17-14/h3-9H,1-2H3,(H,18,19). The molecule has 2 rings (SSSR count). The predicted octanol–water partition coefficient (Wildman–Crippen LogP) is 3.83. The van der Waals surface area contributed by atoms with Crippen LogP contribution in [0.4, 0.5) is 4.39 Å². The molecule has 1 aromatic carbocycles. The van der Waals surface area contributed by atoms with Gasteiger partial charge in [-0.1, -0.05) is 26.0 Å². The van der Waals surface area contributed by atoms with Crippen LogP contribution in [0, 0.1) is 5.82 Å². The van der Waals surface area contributed by atoms with Crippen molar-refractivity contribution in [1.82, 2.24) is 4.98 Å². The lowest BCUT2D eigenvalue weighted by Gasteiger charge is -2.09. The van der Waals surface area contributed by atoms with Gasteiger partial charge in [0.2, 0.25) is 0 Å². The van der Waals surface area contributed by atoms with E-state index in [4.69, 9.17) is 9.84 Å². The fourth-order valence-corrected chi connectivity index (χ4v) is 1.69. The molecule has 20 heavy (non-hydrogen) atoms. The summed E-state index contributed by atoms with van der Waals surface area (Å²) >= 11 is 0. The summed E-state index contributed by atoms with van der Waals surface area (Å²) in [6.45, 7) is 4.13. The maximum absolute atomic E-state index is 13.8. The minimum atomic E-state index is -1.36. The van der Waals surface area contributed by atoms with Crippen LogP contribution < -0.4 is 4.74 Å². The van der Waals surface area contributed by atoms with Gasteiger partial charge < -0.3 is 9.84 Å². The molecule has 0 unspecified atom stereocenters. The zero-order chi connectivity index (χ0) is 14.7. The predicted molar refractivity (Wildman–Crippen MR) is 71.8 cm³/mol. The summed E-state index contributed by atoms with van der Waals surface area (Å²) in [4.78, 5) is 14.5. The van der Waals surface area contributed by atoms with E-state index >= 15 is 0 Å². The van der Waals surface area contributed by atoms with Gasteiger partial charge in [0.05, 0.1) is 0 Å². The van der Waals surface area contributed by atoms with E-state index in [1.54, 1.807) is 12.1 Å². The Hall–Kier alpha value is -2.43. The van der Waals surface area contributed by atoms with Crippen LogP contribution in [0.5, 0.6) is 11.6 Å². The van der Waals surface area contributed by atoms with Gasteiger partial charge in [0.25, 0.3) is 5.88 Å². The quantitative estimate of drug-likeness (QED) is 0.921. The Morgan fingerprint density at radius 3 is 2.45 bits per heavy atom. The summed E-state index contributed by atoms with van der Waals surface area (Å²) in [5.41, 5.74) is 0.666. The van der Waals surface area contributed by atoms with Crippen LogP contribution in [-0.2, 0) is 0 Å². The smallest absolute Gasteiger partial charge is 0.338 e. The molecule has 1 heterocycles. The lowest BCUT2D eigenvalue weighted by atomic mass is 10.0. The third kappa shape index (κ3) is 2.93. The topological polar surface area (TPSA) is 59.4 Å². The van der Waals surface area contributed by atoms with Crippen LogP contribution in [0.1, 0.15) is 35.7 Å². The van der Waals surface area contributed by atoms with Crippen LogP contribution in [0.15, 0.2) is 36.5 Å². The van der Waals surface area contributed by atoms with Gasteiger partial charge in [0, 0.05) is 6.20 Å². The first-order chi connectivity index (χ1) is 9.49. The van der Waals surface area contributed by atoms with Gasteiger partial charge in [0.1, 0.15) is 11.3 Å². The van der Waals surface area contributed by atoms with E-state index in [2.05, 4.69) is 18.8 Å². The van der Waals surface area contributed by atoms with Crippen molar-refractivity contribution in [3.8, 4) is 11.6 Å². The molecule has 0 bridgehead atoms. The van der Waals surface area contributed by atoms with Crippen molar-refractivity contribution in [1.29, 1.82) is 0 Å². The highest BCUT2D eigenvalue weighted by Gasteiger charge is 2.16. The van der Waals surface area contributed by atoms with Crippen molar-refractivity contribution in [2.45, 2.75) is 19.8 Å². The van der Waals surface area contributed by atoms with Gasteiger partial charge in [-0.2, -0.15) is 0 Å². The second kappa shape index (κ2) is 5.69. The van der Waals surface area contributed by atoms with Crippen molar-refractivity contribution in [2.75, 3.05) is 0 Å². The molecule has 0 spiro atoms. The molecule has 0 fully saturated rings. The zero-order valence-electron chi connectivity index (χ0n) is 11.1. The lowest BCUT2D eigenvalue weighted by Crippen LogP contribution is -2.03. The van der Waals surface area contributed by atoms with Crippen LogP contribution in [-0.4, -0.2) is 16.1 Å². The number of carboxylic acid groups (broad SMARTS) is 1. The Balaban J connectivity index is 2.26. The number of pyridine rings is 1. The van der Waals surface area contributed by atoms with E-state index in [1.165, 1.54) is 6.20 Å². The van der Waals surface area contributed by atoms with Crippen molar-refractivity contribution >= 4 is 5.97 Å². The summed E-state index contributed by atoms with van der Waals surface area (Å²) in [6.07, 6.45) is 1.20. The molecular formula is C15H14FNO3. The van der Waals surface area contributed by atoms with Gasteiger partial charge in [-0.3, -0.25) is 0 Å². The number of rotatable bonds is 4. The molecule has 5 heteroatoms. The summed E-state index contributed by atoms with van der Waals surface area (Å²) in [6, 6.07) is 8.23. The fraction of sp³-hybridized carbons (Fsp3) is 0.200. The maximum atomic E-state index is 13.8. The average molecular weight is 275 g/mol. The lowest BCUT2D eigenvalue weighted by molar-refractivity contribution is 0.0690. The Labute approximate surface area is 115 Å². The third-order valence-corrected chi connectivity index (χ3v) is 2.85. The van der Waals surface area contributed by atoms with E-state index in [1.807, 2.05) is 12.1 Å². The van der Waals surface area contributed by atoms with Crippen LogP contribution in [0.3, 0.4) is 0 Å². The Morgan fingerprint density at radius 1 is 1.25 bits per heavy atom. The minimum absolute atomic E-state index is 0.345. The van der Waals surface area contributed by atoms with Gasteiger partial charge in [-0.05, 0) is 29.7 Å². The first kappa shape index (κ1) is 14.0. The number of aromatic carboxylic acids is 1. The van der Waals surface area contributed by atoms with Gasteiger partial charge >= 0.3 is 5.97 Å². The fourth-order valence-electron chi connectivity index (χ4n) is 1.69. The number of hydrogen-bond acceptors (Lipinski definition) is 3. The van der Waals surface area contributed by atoms with E-state index in [-0.39, 0.29) is 5.88 Å². The molecule has 0 aliphatic carbocycles. The monoisotopic (exact) mass is 275 g/mol. The van der Waals surface area contributed by atoms with E-state index < -0.39 is 17.3 Å². The molecular weight excluding hydrogens is 261 g/mol. The van der Waals surface area contributed by atoms with Crippen LogP contribution in [0.2, 0.25) is 0 Å². The molecule has 1 N–H and O–H groups in total. The number of nitrogens with zero attached hydrogens (tertiary/aromatic N) is 1. The van der Waals surface area contributed by atoms with Gasteiger partial charge in [-0.25, -0.2) is 14.2 Å². The van der Waals surface area contributed by atoms with Crippen molar-refractivity contribution in [3.05, 3.63) is 53.5 Å². The summed E-state index contributed by atoms with van der Waals surface area (Å²) in [5.74, 6) is -1.89. The number of benzene rings is 1. The molecule has 0 aliphatic rings. The Bertz CT molecular complexity index is 624. The van der Waals surface area contributed by atoms with E-state index in [9.17, 15) is 9.18 Å². The van der Waals surface area contributed by atoms with E-state index in [0.29, 0.717) is 11.7 Å². The molecule has 1 aromatic heterocycles. The molecule has 0 atom stereocenters. The second-order valence-corrected chi connectivity index (χ2v) is 4.61. The largest absolute Gasteiger partial charge is 0.478 e. The SMILES string of the molecule is CC(C)c1ccc(Oc2nccc(C(=O)O)c2F)cc1. The summed E-state index contributed by atoms with van der Waals surface area (Å²) in [5, 5.41) is 8.83. The highest BCUT2D eigenvalue weighted by atomic mass is 19.1. The normalized spacial score (nSPS) is 10.6. The van der Waals surface area contributed by atoms with Gasteiger partial charge in [0.15, 0.2) is 5.82 Å². The third-order valence-electron chi connectivity index (χ3n) is 2.85.